The van der Waals surface area contributed by atoms with Gasteiger partial charge >= 0.3 is 0 Å². The van der Waals surface area contributed by atoms with Crippen LogP contribution in [0.15, 0.2) is 47.0 Å². The third-order valence-corrected chi connectivity index (χ3v) is 5.27. The van der Waals surface area contributed by atoms with Gasteiger partial charge < -0.3 is 14.7 Å². The van der Waals surface area contributed by atoms with Crippen LogP contribution in [0.1, 0.15) is 54.1 Å². The number of nitrogens with one attached hydrogen (secondary N) is 2. The van der Waals surface area contributed by atoms with Gasteiger partial charge in [0.1, 0.15) is 5.76 Å². The predicted molar refractivity (Wildman–Crippen MR) is 102 cm³/mol. The molecular formula is C21H25N3O2. The van der Waals surface area contributed by atoms with Crippen LogP contribution < -0.4 is 5.32 Å². The molecule has 2 N–H and O–H groups in total. The van der Waals surface area contributed by atoms with Crippen molar-refractivity contribution >= 4 is 16.8 Å². The summed E-state index contributed by atoms with van der Waals surface area (Å²) in [5, 5.41) is 4.09. The monoisotopic (exact) mass is 351 g/mol. The Balaban J connectivity index is 1.38. The number of carbonyl (C=O) groups excluding carboxylic acids is 1. The summed E-state index contributed by atoms with van der Waals surface area (Å²) in [6.07, 6.45) is 5.71. The molecule has 1 aromatic carbocycles. The first-order chi connectivity index (χ1) is 12.7. The molecule has 26 heavy (non-hydrogen) atoms. The van der Waals surface area contributed by atoms with E-state index in [0.29, 0.717) is 12.3 Å². The molecule has 4 rings (SSSR count). The molecule has 1 fully saturated rings. The number of hydrogen-bond donors (Lipinski definition) is 2. The van der Waals surface area contributed by atoms with Crippen LogP contribution in [0.2, 0.25) is 0 Å². The van der Waals surface area contributed by atoms with Crippen LogP contribution in [0.25, 0.3) is 10.9 Å². The maximum absolute atomic E-state index is 12.4. The van der Waals surface area contributed by atoms with Crippen molar-refractivity contribution in [2.75, 3.05) is 13.1 Å². The Morgan fingerprint density at radius 3 is 2.88 bits per heavy atom. The van der Waals surface area contributed by atoms with Crippen LogP contribution in [-0.2, 0) is 6.54 Å². The lowest BCUT2D eigenvalue weighted by Crippen LogP contribution is -2.32. The number of fused-ring (bicyclic) bond motifs is 1. The fourth-order valence-corrected chi connectivity index (χ4v) is 3.67. The minimum atomic E-state index is -0.170. The Bertz CT molecular complexity index is 889. The summed E-state index contributed by atoms with van der Waals surface area (Å²) < 4.78 is 5.85. The molecular weight excluding hydrogens is 326 g/mol. The van der Waals surface area contributed by atoms with E-state index >= 15 is 0 Å². The van der Waals surface area contributed by atoms with E-state index in [-0.39, 0.29) is 11.9 Å². The van der Waals surface area contributed by atoms with Crippen molar-refractivity contribution in [3.05, 3.63) is 59.7 Å². The molecule has 5 heteroatoms. The highest BCUT2D eigenvalue weighted by Gasteiger charge is 2.22. The molecule has 5 nitrogen and oxygen atoms in total. The first-order valence-electron chi connectivity index (χ1n) is 9.39. The second-order valence-electron chi connectivity index (χ2n) is 7.06. The average Bonchev–Trinajstić information content (AvgIpc) is 3.35. The molecule has 0 spiro atoms. The number of H-pyrrole nitrogens is 1. The van der Waals surface area contributed by atoms with E-state index < -0.39 is 0 Å². The summed E-state index contributed by atoms with van der Waals surface area (Å²) in [7, 11) is 0. The molecule has 0 aliphatic carbocycles. The topological polar surface area (TPSA) is 61.3 Å². The lowest BCUT2D eigenvalue weighted by molar-refractivity contribution is 0.0914. The maximum atomic E-state index is 12.4. The zero-order valence-electron chi connectivity index (χ0n) is 15.1. The van der Waals surface area contributed by atoms with Crippen molar-refractivity contribution in [3.63, 3.8) is 0 Å². The van der Waals surface area contributed by atoms with E-state index in [1.165, 1.54) is 19.3 Å². The largest absolute Gasteiger partial charge is 0.454 e. The quantitative estimate of drug-likeness (QED) is 0.723. The number of likely N-dealkylation sites (tertiary alicyclic amines) is 1. The number of nitrogens with zero attached hydrogens (tertiary/aromatic N) is 1. The van der Waals surface area contributed by atoms with Gasteiger partial charge in [0.05, 0.1) is 6.04 Å². The van der Waals surface area contributed by atoms with E-state index in [1.54, 1.807) is 6.07 Å². The molecule has 1 aliphatic heterocycles. The highest BCUT2D eigenvalue weighted by Crippen LogP contribution is 2.25. The first-order valence-corrected chi connectivity index (χ1v) is 9.39. The van der Waals surface area contributed by atoms with Crippen molar-refractivity contribution in [1.29, 1.82) is 0 Å². The average molecular weight is 351 g/mol. The fraction of sp³-hybridized carbons (Fsp3) is 0.381. The lowest BCUT2D eigenvalue weighted by Gasteiger charge is -2.31. The number of benzene rings is 1. The molecule has 0 bridgehead atoms. The Labute approximate surface area is 153 Å². The van der Waals surface area contributed by atoms with E-state index in [9.17, 15) is 4.79 Å². The number of amides is 1. The number of aromatic nitrogens is 1. The Morgan fingerprint density at radius 1 is 1.19 bits per heavy atom. The van der Waals surface area contributed by atoms with Gasteiger partial charge in [0.15, 0.2) is 5.76 Å². The van der Waals surface area contributed by atoms with Crippen LogP contribution >= 0.6 is 0 Å². The van der Waals surface area contributed by atoms with Crippen LogP contribution in [0.5, 0.6) is 0 Å². The smallest absolute Gasteiger partial charge is 0.287 e. The molecule has 3 aromatic rings. The second-order valence-corrected chi connectivity index (χ2v) is 7.06. The summed E-state index contributed by atoms with van der Waals surface area (Å²) in [6.45, 7) is 4.84. The van der Waals surface area contributed by atoms with Gasteiger partial charge in [-0.1, -0.05) is 12.5 Å². The first kappa shape index (κ1) is 16.9. The highest BCUT2D eigenvalue weighted by atomic mass is 16.4. The minimum absolute atomic E-state index is 0.170. The number of carbonyl (C=O) groups is 1. The molecule has 1 aliphatic rings. The summed E-state index contributed by atoms with van der Waals surface area (Å²) >= 11 is 0. The van der Waals surface area contributed by atoms with Crippen molar-refractivity contribution < 1.29 is 9.21 Å². The molecule has 1 saturated heterocycles. The summed E-state index contributed by atoms with van der Waals surface area (Å²) in [5.74, 6) is 1.08. The van der Waals surface area contributed by atoms with Gasteiger partial charge in [0, 0.05) is 18.3 Å². The Morgan fingerprint density at radius 2 is 2.04 bits per heavy atom. The van der Waals surface area contributed by atoms with Gasteiger partial charge in [-0.15, -0.1) is 0 Å². The van der Waals surface area contributed by atoms with E-state index in [4.69, 9.17) is 4.42 Å². The van der Waals surface area contributed by atoms with Gasteiger partial charge in [0.2, 0.25) is 0 Å². The van der Waals surface area contributed by atoms with Gasteiger partial charge in [0.25, 0.3) is 5.91 Å². The van der Waals surface area contributed by atoms with E-state index in [1.807, 2.05) is 30.5 Å². The lowest BCUT2D eigenvalue weighted by atomic mass is 10.1. The summed E-state index contributed by atoms with van der Waals surface area (Å²) in [4.78, 5) is 18.0. The number of hydrogen-bond acceptors (Lipinski definition) is 3. The molecule has 0 radical (unpaired) electrons. The zero-order chi connectivity index (χ0) is 17.9. The fourth-order valence-electron chi connectivity index (χ4n) is 3.67. The van der Waals surface area contributed by atoms with Crippen LogP contribution in [-0.4, -0.2) is 28.9 Å². The molecule has 1 amide bonds. The summed E-state index contributed by atoms with van der Waals surface area (Å²) in [6, 6.07) is 12.1. The zero-order valence-corrected chi connectivity index (χ0v) is 15.1. The van der Waals surface area contributed by atoms with Gasteiger partial charge in [-0.2, -0.15) is 0 Å². The number of aromatic amines is 1. The summed E-state index contributed by atoms with van der Waals surface area (Å²) in [5.41, 5.74) is 2.17. The van der Waals surface area contributed by atoms with Crippen molar-refractivity contribution in [1.82, 2.24) is 15.2 Å². The van der Waals surface area contributed by atoms with Gasteiger partial charge in [-0.3, -0.25) is 9.69 Å². The van der Waals surface area contributed by atoms with Gasteiger partial charge in [-0.05, 0) is 74.1 Å². The van der Waals surface area contributed by atoms with Crippen LogP contribution in [0.3, 0.4) is 0 Å². The van der Waals surface area contributed by atoms with Crippen LogP contribution in [0, 0.1) is 0 Å². The van der Waals surface area contributed by atoms with Crippen molar-refractivity contribution in [2.45, 2.75) is 38.8 Å². The normalized spacial score (nSPS) is 16.7. The third-order valence-electron chi connectivity index (χ3n) is 5.27. The molecule has 0 unspecified atom stereocenters. The molecule has 2 aromatic heterocycles. The molecule has 0 saturated carbocycles. The second kappa shape index (κ2) is 7.38. The maximum Gasteiger partial charge on any atom is 0.287 e. The Hall–Kier alpha value is -2.53. The molecule has 1 atom stereocenters. The van der Waals surface area contributed by atoms with Crippen molar-refractivity contribution in [2.24, 2.45) is 0 Å². The Kier molecular flexibility index (Phi) is 4.80. The molecule has 3 heterocycles. The van der Waals surface area contributed by atoms with Crippen molar-refractivity contribution in [3.8, 4) is 0 Å². The number of rotatable bonds is 5. The van der Waals surface area contributed by atoms with E-state index in [0.717, 1.165) is 35.3 Å². The highest BCUT2D eigenvalue weighted by molar-refractivity contribution is 5.91. The minimum Gasteiger partial charge on any atom is -0.454 e. The standard InChI is InChI=1S/C21H25N3O2/c1-15(24-11-3-2-4-12-24)19-7-8-20(26-19)21(25)23-14-16-5-6-18-17(13-16)9-10-22-18/h5-10,13,15,22H,2-4,11-12,14H2,1H3,(H,23,25)/t15-/m1/s1. The molecule has 136 valence electrons. The number of piperidine rings is 1. The van der Waals surface area contributed by atoms with Crippen LogP contribution in [0.4, 0.5) is 0 Å². The van der Waals surface area contributed by atoms with E-state index in [2.05, 4.69) is 28.2 Å². The number of furan rings is 1. The van der Waals surface area contributed by atoms with Gasteiger partial charge in [-0.25, -0.2) is 0 Å². The predicted octanol–water partition coefficient (Wildman–Crippen LogP) is 4.24. The third kappa shape index (κ3) is 3.53. The SMILES string of the molecule is C[C@H](c1ccc(C(=O)NCc2ccc3[nH]ccc3c2)o1)N1CCCCC1.